The van der Waals surface area contributed by atoms with Gasteiger partial charge in [-0.15, -0.1) is 0 Å². The Morgan fingerprint density at radius 2 is 1.70 bits per heavy atom. The molecule has 2 N–H and O–H groups in total. The van der Waals surface area contributed by atoms with Crippen molar-refractivity contribution in [2.75, 3.05) is 11.9 Å². The number of fused-ring (bicyclic) bond motifs is 1. The number of nitrogens with one attached hydrogen (secondary N) is 2. The van der Waals surface area contributed by atoms with E-state index in [1.807, 2.05) is 42.5 Å². The third-order valence-corrected chi connectivity index (χ3v) is 5.51. The van der Waals surface area contributed by atoms with Gasteiger partial charge in [-0.05, 0) is 66.6 Å². The number of carbonyl (C=O) groups is 1. The highest BCUT2D eigenvalue weighted by Gasteiger charge is 2.17. The molecule has 0 spiro atoms. The van der Waals surface area contributed by atoms with E-state index >= 15 is 0 Å². The number of aryl methyl sites for hydroxylation is 1. The average molecular weight is 401 g/mol. The number of hydrogen-bond donors (Lipinski definition) is 2. The lowest BCUT2D eigenvalue weighted by Gasteiger charge is -2.17. The standard InChI is InChI=1S/C26H28N2O2/c29-26(28-23-11-5-2-6-12-23)19-30-25-15-14-21-10-7-13-24(16-22(21)17-25)27-18-20-8-3-1-4-9-20/h1-6,8-9,11-12,14-15,17,24,27H,7,10,13,16,18-19H2,(H,28,29). The van der Waals surface area contributed by atoms with Crippen molar-refractivity contribution in [2.45, 2.75) is 38.3 Å². The van der Waals surface area contributed by atoms with Crippen LogP contribution in [0.3, 0.4) is 0 Å². The number of ether oxygens (including phenoxy) is 1. The van der Waals surface area contributed by atoms with Gasteiger partial charge in [-0.3, -0.25) is 4.79 Å². The normalized spacial score (nSPS) is 15.7. The van der Waals surface area contributed by atoms with Crippen LogP contribution in [-0.2, 0) is 24.2 Å². The van der Waals surface area contributed by atoms with Crippen LogP contribution in [0.15, 0.2) is 78.9 Å². The molecule has 1 atom stereocenters. The molecule has 1 amide bonds. The maximum Gasteiger partial charge on any atom is 0.262 e. The van der Waals surface area contributed by atoms with Gasteiger partial charge in [-0.1, -0.05) is 54.6 Å². The van der Waals surface area contributed by atoms with Crippen LogP contribution in [0.1, 0.15) is 29.5 Å². The van der Waals surface area contributed by atoms with Crippen molar-refractivity contribution < 1.29 is 9.53 Å². The van der Waals surface area contributed by atoms with Crippen molar-refractivity contribution in [2.24, 2.45) is 0 Å². The molecule has 1 aliphatic carbocycles. The molecule has 0 bridgehead atoms. The first-order valence-electron chi connectivity index (χ1n) is 10.6. The number of hydrogen-bond acceptors (Lipinski definition) is 3. The van der Waals surface area contributed by atoms with E-state index in [1.54, 1.807) is 0 Å². The van der Waals surface area contributed by atoms with Crippen LogP contribution in [0.2, 0.25) is 0 Å². The van der Waals surface area contributed by atoms with E-state index in [0.717, 1.165) is 37.2 Å². The van der Waals surface area contributed by atoms with Gasteiger partial charge in [0.05, 0.1) is 0 Å². The summed E-state index contributed by atoms with van der Waals surface area (Å²) >= 11 is 0. The van der Waals surface area contributed by atoms with Gasteiger partial charge >= 0.3 is 0 Å². The van der Waals surface area contributed by atoms with Gasteiger partial charge in [0.1, 0.15) is 5.75 Å². The minimum absolute atomic E-state index is 0.00334. The van der Waals surface area contributed by atoms with Crippen LogP contribution >= 0.6 is 0 Å². The van der Waals surface area contributed by atoms with E-state index in [4.69, 9.17) is 4.74 Å². The van der Waals surface area contributed by atoms with Crippen molar-refractivity contribution in [3.63, 3.8) is 0 Å². The third-order valence-electron chi connectivity index (χ3n) is 5.51. The summed E-state index contributed by atoms with van der Waals surface area (Å²) in [4.78, 5) is 12.2. The molecule has 1 unspecified atom stereocenters. The van der Waals surface area contributed by atoms with Gasteiger partial charge < -0.3 is 15.4 Å². The molecule has 0 radical (unpaired) electrons. The zero-order chi connectivity index (χ0) is 20.6. The van der Waals surface area contributed by atoms with Gasteiger partial charge in [-0.2, -0.15) is 0 Å². The number of rotatable bonds is 7. The molecule has 30 heavy (non-hydrogen) atoms. The summed E-state index contributed by atoms with van der Waals surface area (Å²) in [5, 5.41) is 6.56. The molecule has 4 rings (SSSR count). The zero-order valence-corrected chi connectivity index (χ0v) is 17.1. The maximum atomic E-state index is 12.2. The molecule has 0 heterocycles. The van der Waals surface area contributed by atoms with Crippen LogP contribution in [0.4, 0.5) is 5.69 Å². The molecule has 0 aromatic heterocycles. The molecule has 0 fully saturated rings. The Hall–Kier alpha value is -3.11. The Balaban J connectivity index is 1.33. The third kappa shape index (κ3) is 5.71. The van der Waals surface area contributed by atoms with Gasteiger partial charge in [0, 0.05) is 18.3 Å². The summed E-state index contributed by atoms with van der Waals surface area (Å²) < 4.78 is 5.78. The second kappa shape index (κ2) is 10.1. The predicted octanol–water partition coefficient (Wildman–Crippen LogP) is 4.74. The van der Waals surface area contributed by atoms with Crippen molar-refractivity contribution in [3.05, 3.63) is 95.6 Å². The quantitative estimate of drug-likeness (QED) is 0.563. The molecule has 0 aliphatic heterocycles. The van der Waals surface area contributed by atoms with Gasteiger partial charge in [-0.25, -0.2) is 0 Å². The van der Waals surface area contributed by atoms with Crippen molar-refractivity contribution in [3.8, 4) is 5.75 Å². The summed E-state index contributed by atoms with van der Waals surface area (Å²) in [7, 11) is 0. The highest BCUT2D eigenvalue weighted by molar-refractivity contribution is 5.91. The molecular weight excluding hydrogens is 372 g/mol. The van der Waals surface area contributed by atoms with Crippen LogP contribution in [-0.4, -0.2) is 18.6 Å². The van der Waals surface area contributed by atoms with E-state index in [9.17, 15) is 4.79 Å². The highest BCUT2D eigenvalue weighted by atomic mass is 16.5. The largest absolute Gasteiger partial charge is 0.484 e. The first kappa shape index (κ1) is 20.2. The van der Waals surface area contributed by atoms with Crippen LogP contribution < -0.4 is 15.4 Å². The molecule has 4 heteroatoms. The van der Waals surface area contributed by atoms with E-state index in [-0.39, 0.29) is 12.5 Å². The summed E-state index contributed by atoms with van der Waals surface area (Å²) in [5.74, 6) is 0.596. The predicted molar refractivity (Wildman–Crippen MR) is 121 cm³/mol. The van der Waals surface area contributed by atoms with Crippen molar-refractivity contribution in [1.29, 1.82) is 0 Å². The fraction of sp³-hybridized carbons (Fsp3) is 0.269. The second-order valence-corrected chi connectivity index (χ2v) is 7.79. The SMILES string of the molecule is O=C(COc1ccc2c(c1)CC(NCc1ccccc1)CCC2)Nc1ccccc1. The summed E-state index contributed by atoms with van der Waals surface area (Å²) in [6.45, 7) is 0.889. The second-order valence-electron chi connectivity index (χ2n) is 7.79. The Morgan fingerprint density at radius 1 is 0.933 bits per heavy atom. The molecule has 0 saturated heterocycles. The molecule has 3 aromatic rings. The Labute approximate surface area is 178 Å². The maximum absolute atomic E-state index is 12.2. The smallest absolute Gasteiger partial charge is 0.262 e. The minimum Gasteiger partial charge on any atom is -0.484 e. The molecule has 0 saturated carbocycles. The molecular formula is C26H28N2O2. The zero-order valence-electron chi connectivity index (χ0n) is 17.1. The van der Waals surface area contributed by atoms with E-state index in [2.05, 4.69) is 47.0 Å². The topological polar surface area (TPSA) is 50.4 Å². The molecule has 1 aliphatic rings. The first-order chi connectivity index (χ1) is 14.8. The molecule has 154 valence electrons. The van der Waals surface area contributed by atoms with Crippen molar-refractivity contribution >= 4 is 11.6 Å². The van der Waals surface area contributed by atoms with E-state index < -0.39 is 0 Å². The first-order valence-corrected chi connectivity index (χ1v) is 10.6. The monoisotopic (exact) mass is 400 g/mol. The van der Waals surface area contributed by atoms with Crippen LogP contribution in [0, 0.1) is 0 Å². The van der Waals surface area contributed by atoms with Gasteiger partial charge in [0.25, 0.3) is 5.91 Å². The molecule has 4 nitrogen and oxygen atoms in total. The Morgan fingerprint density at radius 3 is 2.50 bits per heavy atom. The van der Waals surface area contributed by atoms with Gasteiger partial charge in [0.2, 0.25) is 0 Å². The van der Waals surface area contributed by atoms with Crippen LogP contribution in [0.5, 0.6) is 5.75 Å². The number of anilines is 1. The Kier molecular flexibility index (Phi) is 6.78. The number of amides is 1. The highest BCUT2D eigenvalue weighted by Crippen LogP contribution is 2.25. The lowest BCUT2D eigenvalue weighted by molar-refractivity contribution is -0.118. The lowest BCUT2D eigenvalue weighted by atomic mass is 10.0. The lowest BCUT2D eigenvalue weighted by Crippen LogP contribution is -2.30. The number of para-hydroxylation sites is 1. The minimum atomic E-state index is -0.154. The van der Waals surface area contributed by atoms with Crippen molar-refractivity contribution in [1.82, 2.24) is 5.32 Å². The average Bonchev–Trinajstić information content (AvgIpc) is 2.99. The molecule has 3 aromatic carbocycles. The van der Waals surface area contributed by atoms with Gasteiger partial charge in [0.15, 0.2) is 6.61 Å². The fourth-order valence-corrected chi connectivity index (χ4v) is 3.93. The number of carbonyl (C=O) groups excluding carboxylic acids is 1. The van der Waals surface area contributed by atoms with E-state index in [1.165, 1.54) is 23.1 Å². The van der Waals surface area contributed by atoms with E-state index in [0.29, 0.717) is 6.04 Å². The summed E-state index contributed by atoms with van der Waals surface area (Å²) in [6, 6.07) is 26.6. The number of benzene rings is 3. The summed E-state index contributed by atoms with van der Waals surface area (Å²) in [5.41, 5.74) is 4.79. The fourth-order valence-electron chi connectivity index (χ4n) is 3.93. The van der Waals surface area contributed by atoms with Crippen LogP contribution in [0.25, 0.3) is 0 Å². The summed E-state index contributed by atoms with van der Waals surface area (Å²) in [6.07, 6.45) is 4.42. The Bertz CT molecular complexity index is 957.